The number of ether oxygens (including phenoxy) is 2. The van der Waals surface area contributed by atoms with E-state index in [2.05, 4.69) is 50.2 Å². The Hall–Kier alpha value is -3.47. The van der Waals surface area contributed by atoms with Crippen LogP contribution in [0.5, 0.6) is 5.75 Å². The molecule has 278 valence electrons. The maximum absolute atomic E-state index is 11.3. The Kier molecular flexibility index (Phi) is 13.1. The van der Waals surface area contributed by atoms with Gasteiger partial charge in [-0.25, -0.2) is 4.79 Å². The van der Waals surface area contributed by atoms with Crippen LogP contribution in [0.3, 0.4) is 0 Å². The smallest absolute Gasteiger partial charge is 0.481 e. The number of nitro benzene ring substituents is 1. The zero-order valence-corrected chi connectivity index (χ0v) is 30.3. The first-order valence-electron chi connectivity index (χ1n) is 18.5. The minimum absolute atomic E-state index is 0.0410. The highest BCUT2D eigenvalue weighted by Crippen LogP contribution is 2.67. The van der Waals surface area contributed by atoms with Gasteiger partial charge < -0.3 is 24.8 Å². The van der Waals surface area contributed by atoms with Crippen LogP contribution in [0, 0.1) is 62.4 Å². The van der Waals surface area contributed by atoms with Crippen LogP contribution >= 0.6 is 0 Å². The van der Waals surface area contributed by atoms with Gasteiger partial charge in [-0.15, -0.1) is 0 Å². The van der Waals surface area contributed by atoms with Gasteiger partial charge in [0.25, 0.3) is 5.69 Å². The SMILES string of the molecule is CC(C)CCC[C@@H](C)[C@H]1CC[C@H]2[C@@H]3CC=C4CC(O)CC[C@]4(C)[C@H]3CC[C@]12C.O=C(O)CC(COC(=O)Oc1ccc([N+](=O)[O-])cc1)C(=O)O. The number of carbonyl (C=O) groups is 3. The van der Waals surface area contributed by atoms with Gasteiger partial charge in [0.05, 0.1) is 17.4 Å². The Bertz CT molecular complexity index is 1390. The Morgan fingerprint density at radius 2 is 1.68 bits per heavy atom. The van der Waals surface area contributed by atoms with E-state index in [4.69, 9.17) is 10.2 Å². The normalized spacial score (nSPS) is 31.0. The highest BCUT2D eigenvalue weighted by Gasteiger charge is 2.59. The lowest BCUT2D eigenvalue weighted by molar-refractivity contribution is -0.384. The van der Waals surface area contributed by atoms with Gasteiger partial charge in [-0.05, 0) is 110 Å². The monoisotopic (exact) mass is 699 g/mol. The molecule has 0 saturated heterocycles. The van der Waals surface area contributed by atoms with E-state index in [1.807, 2.05) is 0 Å². The van der Waals surface area contributed by atoms with Crippen molar-refractivity contribution in [1.82, 2.24) is 0 Å². The van der Waals surface area contributed by atoms with Gasteiger partial charge >= 0.3 is 18.1 Å². The first kappa shape index (κ1) is 39.3. The maximum atomic E-state index is 11.3. The molecule has 2 unspecified atom stereocenters. The molecule has 4 aliphatic rings. The molecular formula is C39H57NO10. The number of carbonyl (C=O) groups excluding carboxylic acids is 1. The second-order valence-corrected chi connectivity index (χ2v) is 16.2. The molecule has 5 rings (SSSR count). The van der Waals surface area contributed by atoms with Crippen LogP contribution < -0.4 is 4.74 Å². The molecule has 1 aromatic rings. The van der Waals surface area contributed by atoms with E-state index in [0.717, 1.165) is 72.6 Å². The molecule has 0 heterocycles. The van der Waals surface area contributed by atoms with Crippen molar-refractivity contribution >= 4 is 23.8 Å². The van der Waals surface area contributed by atoms with Crippen molar-refractivity contribution in [3.8, 4) is 5.75 Å². The van der Waals surface area contributed by atoms with Gasteiger partial charge in [-0.3, -0.25) is 19.7 Å². The predicted molar refractivity (Wildman–Crippen MR) is 188 cm³/mol. The topological polar surface area (TPSA) is 174 Å². The number of allylic oxidation sites excluding steroid dienone is 1. The third-order valence-corrected chi connectivity index (χ3v) is 12.7. The molecule has 4 aliphatic carbocycles. The fourth-order valence-electron chi connectivity index (χ4n) is 10.0. The number of nitro groups is 1. The number of aliphatic hydroxyl groups is 1. The van der Waals surface area contributed by atoms with E-state index in [-0.39, 0.29) is 17.5 Å². The summed E-state index contributed by atoms with van der Waals surface area (Å²) in [5, 5.41) is 37.9. The number of benzene rings is 1. The summed E-state index contributed by atoms with van der Waals surface area (Å²) in [4.78, 5) is 42.3. The first-order valence-corrected chi connectivity index (χ1v) is 18.5. The summed E-state index contributed by atoms with van der Waals surface area (Å²) >= 11 is 0. The zero-order chi connectivity index (χ0) is 36.8. The van der Waals surface area contributed by atoms with Crippen LogP contribution in [0.15, 0.2) is 35.9 Å². The Morgan fingerprint density at radius 3 is 2.30 bits per heavy atom. The van der Waals surface area contributed by atoms with Crippen LogP contribution in [0.4, 0.5) is 10.5 Å². The van der Waals surface area contributed by atoms with E-state index >= 15 is 0 Å². The number of carboxylic acids is 2. The van der Waals surface area contributed by atoms with Crippen LogP contribution in [0.2, 0.25) is 0 Å². The van der Waals surface area contributed by atoms with Crippen LogP contribution in [0.1, 0.15) is 112 Å². The second-order valence-electron chi connectivity index (χ2n) is 16.2. The molecule has 11 nitrogen and oxygen atoms in total. The molecule has 50 heavy (non-hydrogen) atoms. The minimum Gasteiger partial charge on any atom is -0.481 e. The summed E-state index contributed by atoms with van der Waals surface area (Å²) in [6, 6.07) is 4.52. The van der Waals surface area contributed by atoms with Crippen molar-refractivity contribution in [2.75, 3.05) is 6.61 Å². The largest absolute Gasteiger partial charge is 0.513 e. The van der Waals surface area contributed by atoms with Crippen molar-refractivity contribution in [3.05, 3.63) is 46.0 Å². The number of aliphatic carboxylic acids is 2. The highest BCUT2D eigenvalue weighted by atomic mass is 16.7. The van der Waals surface area contributed by atoms with Crippen LogP contribution in [0.25, 0.3) is 0 Å². The van der Waals surface area contributed by atoms with Gasteiger partial charge in [0.2, 0.25) is 0 Å². The maximum Gasteiger partial charge on any atom is 0.513 e. The number of hydrogen-bond donors (Lipinski definition) is 3. The highest BCUT2D eigenvalue weighted by molar-refractivity contribution is 5.78. The molecule has 3 N–H and O–H groups in total. The average molecular weight is 700 g/mol. The minimum atomic E-state index is -1.43. The first-order chi connectivity index (χ1) is 23.5. The molecule has 0 spiro atoms. The number of aliphatic hydroxyl groups excluding tert-OH is 1. The van der Waals surface area contributed by atoms with E-state index in [9.17, 15) is 29.6 Å². The molecule has 3 saturated carbocycles. The van der Waals surface area contributed by atoms with Gasteiger partial charge in [-0.1, -0.05) is 65.5 Å². The predicted octanol–water partition coefficient (Wildman–Crippen LogP) is 8.67. The Labute approximate surface area is 296 Å². The lowest BCUT2D eigenvalue weighted by Gasteiger charge is -2.58. The molecule has 1 aromatic carbocycles. The fourth-order valence-corrected chi connectivity index (χ4v) is 10.0. The quantitative estimate of drug-likeness (QED) is 0.0630. The Balaban J connectivity index is 0.000000233. The molecule has 0 bridgehead atoms. The third-order valence-electron chi connectivity index (χ3n) is 12.7. The van der Waals surface area contributed by atoms with E-state index in [1.54, 1.807) is 5.57 Å². The molecule has 9 atom stereocenters. The zero-order valence-electron chi connectivity index (χ0n) is 30.3. The van der Waals surface area contributed by atoms with Gasteiger partial charge in [0, 0.05) is 12.1 Å². The Morgan fingerprint density at radius 1 is 0.980 bits per heavy atom. The van der Waals surface area contributed by atoms with E-state index in [1.165, 1.54) is 57.8 Å². The van der Waals surface area contributed by atoms with Gasteiger partial charge in [0.15, 0.2) is 0 Å². The summed E-state index contributed by atoms with van der Waals surface area (Å²) in [5.74, 6) is 1.24. The molecule has 0 aliphatic heterocycles. The molecule has 0 amide bonds. The van der Waals surface area contributed by atoms with Crippen molar-refractivity contribution in [2.45, 2.75) is 118 Å². The van der Waals surface area contributed by atoms with Crippen LogP contribution in [-0.2, 0) is 14.3 Å². The standard InChI is InChI=1S/C27H46O.C12H11NO9/c1-18(2)7-6-8-19(3)23-11-12-24-22-10-9-20-17-21(28)13-15-26(20,4)25(22)14-16-27(23,24)5;14-10(15)5-7(11(16)17)6-21-12(18)22-9-3-1-8(2-4-9)13(19)20/h9,18-19,21-25,28H,6-8,10-17H2,1-5H3;1-4,7H,5-6H2,(H,14,15)(H,16,17)/t19-,21?,22+,23-,24+,25+,26+,27-;/m1./s1. The van der Waals surface area contributed by atoms with Crippen molar-refractivity contribution in [1.29, 1.82) is 0 Å². The summed E-state index contributed by atoms with van der Waals surface area (Å²) in [7, 11) is 0. The number of hydrogen-bond acceptors (Lipinski definition) is 8. The number of non-ortho nitro benzene ring substituents is 1. The summed E-state index contributed by atoms with van der Waals surface area (Å²) < 4.78 is 9.17. The van der Waals surface area contributed by atoms with Crippen molar-refractivity contribution < 1.29 is 44.1 Å². The van der Waals surface area contributed by atoms with E-state index < -0.39 is 42.0 Å². The number of rotatable bonds is 12. The summed E-state index contributed by atoms with van der Waals surface area (Å²) in [6.45, 7) is 11.9. The summed E-state index contributed by atoms with van der Waals surface area (Å²) in [5.41, 5.74) is 2.40. The molecule has 0 radical (unpaired) electrons. The van der Waals surface area contributed by atoms with Crippen molar-refractivity contribution in [3.63, 3.8) is 0 Å². The lowest BCUT2D eigenvalue weighted by Crippen LogP contribution is -2.50. The second kappa shape index (κ2) is 16.7. The molecule has 0 aromatic heterocycles. The van der Waals surface area contributed by atoms with E-state index in [0.29, 0.717) is 10.8 Å². The van der Waals surface area contributed by atoms with Crippen molar-refractivity contribution in [2.24, 2.45) is 52.3 Å². The number of fused-ring (bicyclic) bond motifs is 5. The lowest BCUT2D eigenvalue weighted by atomic mass is 9.47. The molecule has 3 fully saturated rings. The molecular weight excluding hydrogens is 642 g/mol. The third kappa shape index (κ3) is 9.25. The summed E-state index contributed by atoms with van der Waals surface area (Å²) in [6.07, 6.45) is 15.2. The van der Waals surface area contributed by atoms with Gasteiger partial charge in [-0.2, -0.15) is 0 Å². The van der Waals surface area contributed by atoms with Crippen LogP contribution in [-0.4, -0.2) is 51.0 Å². The number of carboxylic acid groups (broad SMARTS) is 2. The average Bonchev–Trinajstić information content (AvgIpc) is 3.41. The number of nitrogens with zero attached hydrogens (tertiary/aromatic N) is 1. The fraction of sp³-hybridized carbons (Fsp3) is 0.718. The molecule has 11 heteroatoms. The van der Waals surface area contributed by atoms with Gasteiger partial charge in [0.1, 0.15) is 18.3 Å².